The van der Waals surface area contributed by atoms with Crippen LogP contribution in [0.4, 0.5) is 11.4 Å². The molecule has 0 unspecified atom stereocenters. The van der Waals surface area contributed by atoms with E-state index in [0.29, 0.717) is 0 Å². The molecule has 0 N–H and O–H groups in total. The number of fused-ring (bicyclic) bond motifs is 6. The van der Waals surface area contributed by atoms with Crippen LogP contribution in [0.5, 0.6) is 5.75 Å². The second-order valence-corrected chi connectivity index (χ2v) is 6.55. The van der Waals surface area contributed by atoms with Crippen LogP contribution in [-0.4, -0.2) is 13.8 Å². The lowest BCUT2D eigenvalue weighted by Crippen LogP contribution is -2.46. The lowest BCUT2D eigenvalue weighted by molar-refractivity contribution is 0.414. The summed E-state index contributed by atoms with van der Waals surface area (Å²) in [5.41, 5.74) is 5.48. The van der Waals surface area contributed by atoms with Crippen LogP contribution < -0.4 is 14.5 Å². The second-order valence-electron chi connectivity index (χ2n) is 5.30. The van der Waals surface area contributed by atoms with Crippen LogP contribution in [0, 0.1) is 3.57 Å². The molecule has 0 spiro atoms. The fourth-order valence-electron chi connectivity index (χ4n) is 3.15. The van der Waals surface area contributed by atoms with Crippen LogP contribution in [-0.2, 0) is 13.1 Å². The Labute approximate surface area is 132 Å². The monoisotopic (exact) mass is 378 g/mol. The fourth-order valence-corrected chi connectivity index (χ4v) is 3.71. The summed E-state index contributed by atoms with van der Waals surface area (Å²) in [7, 11) is 1.73. The first kappa shape index (κ1) is 12.3. The highest BCUT2D eigenvalue weighted by atomic mass is 127. The van der Waals surface area contributed by atoms with Crippen molar-refractivity contribution >= 4 is 34.0 Å². The lowest BCUT2D eigenvalue weighted by atomic mass is 10.0. The van der Waals surface area contributed by atoms with E-state index in [2.05, 4.69) is 68.8 Å². The number of methoxy groups -OCH3 is 1. The maximum Gasteiger partial charge on any atom is 0.119 e. The normalized spacial score (nSPS) is 15.7. The fraction of sp³-hybridized carbons (Fsp3) is 0.250. The molecule has 0 radical (unpaired) electrons. The van der Waals surface area contributed by atoms with Crippen molar-refractivity contribution in [3.8, 4) is 5.75 Å². The first-order valence-electron chi connectivity index (χ1n) is 6.70. The molecule has 4 heteroatoms. The number of hydrogen-bond donors (Lipinski definition) is 0. The maximum absolute atomic E-state index is 5.35. The third kappa shape index (κ3) is 1.85. The van der Waals surface area contributed by atoms with Gasteiger partial charge in [0.1, 0.15) is 5.75 Å². The summed E-state index contributed by atoms with van der Waals surface area (Å²) in [4.78, 5) is 4.88. The minimum Gasteiger partial charge on any atom is -0.497 e. The molecular weight excluding hydrogens is 363 g/mol. The van der Waals surface area contributed by atoms with Crippen molar-refractivity contribution in [1.29, 1.82) is 0 Å². The van der Waals surface area contributed by atoms with E-state index in [1.165, 1.54) is 26.1 Å². The summed E-state index contributed by atoms with van der Waals surface area (Å²) in [6, 6.07) is 13.1. The number of rotatable bonds is 1. The van der Waals surface area contributed by atoms with E-state index in [1.54, 1.807) is 7.11 Å². The quantitative estimate of drug-likeness (QED) is 0.706. The van der Waals surface area contributed by atoms with Crippen molar-refractivity contribution in [3.05, 3.63) is 51.1 Å². The van der Waals surface area contributed by atoms with Gasteiger partial charge in [-0.25, -0.2) is 0 Å². The van der Waals surface area contributed by atoms with Gasteiger partial charge in [0.15, 0.2) is 0 Å². The lowest BCUT2D eigenvalue weighted by Gasteiger charge is -2.44. The van der Waals surface area contributed by atoms with Gasteiger partial charge in [0, 0.05) is 28.0 Å². The molecule has 3 nitrogen and oxygen atoms in total. The van der Waals surface area contributed by atoms with Crippen molar-refractivity contribution in [1.82, 2.24) is 0 Å². The smallest absolute Gasteiger partial charge is 0.119 e. The van der Waals surface area contributed by atoms with Crippen molar-refractivity contribution in [3.63, 3.8) is 0 Å². The van der Waals surface area contributed by atoms with Gasteiger partial charge in [-0.05, 0) is 70.1 Å². The number of anilines is 2. The summed E-state index contributed by atoms with van der Waals surface area (Å²) in [5.74, 6) is 0.939. The van der Waals surface area contributed by atoms with Crippen LogP contribution in [0.3, 0.4) is 0 Å². The van der Waals surface area contributed by atoms with Gasteiger partial charge in [-0.15, -0.1) is 0 Å². The molecule has 2 aromatic rings. The number of nitrogens with zero attached hydrogens (tertiary/aromatic N) is 2. The Kier molecular flexibility index (Phi) is 2.80. The summed E-state index contributed by atoms with van der Waals surface area (Å²) in [6.45, 7) is 2.92. The SMILES string of the molecule is COc1ccc2c(c1)CN1CN2Cc2cc(I)ccc21. The maximum atomic E-state index is 5.35. The summed E-state index contributed by atoms with van der Waals surface area (Å²) in [6.07, 6.45) is 0. The van der Waals surface area contributed by atoms with Gasteiger partial charge in [-0.2, -0.15) is 0 Å². The van der Waals surface area contributed by atoms with Gasteiger partial charge in [-0.3, -0.25) is 0 Å². The van der Waals surface area contributed by atoms with Crippen LogP contribution in [0.25, 0.3) is 0 Å². The molecule has 20 heavy (non-hydrogen) atoms. The van der Waals surface area contributed by atoms with Crippen molar-refractivity contribution in [2.24, 2.45) is 0 Å². The first-order valence-corrected chi connectivity index (χ1v) is 7.78. The number of ether oxygens (including phenoxy) is 1. The summed E-state index contributed by atoms with van der Waals surface area (Å²) in [5, 5.41) is 0. The summed E-state index contributed by atoms with van der Waals surface area (Å²) < 4.78 is 6.65. The highest BCUT2D eigenvalue weighted by Crippen LogP contribution is 2.39. The average Bonchev–Trinajstić information content (AvgIpc) is 2.46. The molecule has 0 amide bonds. The van der Waals surface area contributed by atoms with Crippen LogP contribution >= 0.6 is 22.6 Å². The minimum absolute atomic E-state index is 0.939. The van der Waals surface area contributed by atoms with E-state index >= 15 is 0 Å². The Bertz CT molecular complexity index is 686. The molecule has 0 atom stereocenters. The predicted molar refractivity (Wildman–Crippen MR) is 89.4 cm³/mol. The van der Waals surface area contributed by atoms with Crippen LogP contribution in [0.2, 0.25) is 0 Å². The molecule has 102 valence electrons. The van der Waals surface area contributed by atoms with E-state index in [0.717, 1.165) is 25.5 Å². The van der Waals surface area contributed by atoms with E-state index in [1.807, 2.05) is 0 Å². The van der Waals surface area contributed by atoms with Crippen molar-refractivity contribution < 1.29 is 4.74 Å². The molecule has 0 saturated heterocycles. The van der Waals surface area contributed by atoms with Gasteiger partial charge >= 0.3 is 0 Å². The van der Waals surface area contributed by atoms with E-state index in [-0.39, 0.29) is 0 Å². The molecular formula is C16H15IN2O. The third-order valence-corrected chi connectivity index (χ3v) is 4.74. The second kappa shape index (κ2) is 4.55. The highest BCUT2D eigenvalue weighted by molar-refractivity contribution is 14.1. The Balaban J connectivity index is 1.80. The number of halogens is 1. The zero-order valence-electron chi connectivity index (χ0n) is 11.3. The van der Waals surface area contributed by atoms with Gasteiger partial charge in [-0.1, -0.05) is 0 Å². The highest BCUT2D eigenvalue weighted by Gasteiger charge is 2.29. The molecule has 2 heterocycles. The molecule has 0 aliphatic carbocycles. The minimum atomic E-state index is 0.939. The molecule has 0 aromatic heterocycles. The van der Waals surface area contributed by atoms with Crippen LogP contribution in [0.15, 0.2) is 36.4 Å². The standard InChI is InChI=1S/C16H15IN2O/c1-20-14-3-5-16-12(7-14)9-19-10-18(16)8-11-6-13(17)2-4-15(11)19/h2-7H,8-10H2,1H3. The topological polar surface area (TPSA) is 15.7 Å². The molecule has 0 saturated carbocycles. The number of benzene rings is 2. The van der Waals surface area contributed by atoms with E-state index in [4.69, 9.17) is 4.74 Å². The zero-order chi connectivity index (χ0) is 13.7. The Morgan fingerprint density at radius 1 is 0.950 bits per heavy atom. The zero-order valence-corrected chi connectivity index (χ0v) is 13.4. The third-order valence-electron chi connectivity index (χ3n) is 4.07. The van der Waals surface area contributed by atoms with E-state index in [9.17, 15) is 0 Å². The van der Waals surface area contributed by atoms with Crippen molar-refractivity contribution in [2.75, 3.05) is 23.6 Å². The first-order chi connectivity index (χ1) is 9.74. The van der Waals surface area contributed by atoms with Gasteiger partial charge in [0.25, 0.3) is 0 Å². The Morgan fingerprint density at radius 3 is 2.30 bits per heavy atom. The van der Waals surface area contributed by atoms with E-state index < -0.39 is 0 Å². The molecule has 4 rings (SSSR count). The molecule has 2 aliphatic heterocycles. The van der Waals surface area contributed by atoms with Crippen LogP contribution in [0.1, 0.15) is 11.1 Å². The van der Waals surface area contributed by atoms with Gasteiger partial charge in [0.2, 0.25) is 0 Å². The summed E-state index contributed by atoms with van der Waals surface area (Å²) >= 11 is 2.39. The Hall–Kier alpha value is -1.43. The predicted octanol–water partition coefficient (Wildman–Crippen LogP) is 3.60. The molecule has 2 aromatic carbocycles. The van der Waals surface area contributed by atoms with Gasteiger partial charge in [0.05, 0.1) is 13.8 Å². The van der Waals surface area contributed by atoms with Gasteiger partial charge < -0.3 is 14.5 Å². The average molecular weight is 378 g/mol. The Morgan fingerprint density at radius 2 is 1.60 bits per heavy atom. The molecule has 0 fully saturated rings. The molecule has 2 aliphatic rings. The largest absolute Gasteiger partial charge is 0.497 e. The molecule has 2 bridgehead atoms. The number of hydrogen-bond acceptors (Lipinski definition) is 3. The van der Waals surface area contributed by atoms with Crippen molar-refractivity contribution in [2.45, 2.75) is 13.1 Å².